The Hall–Kier alpha value is -2.77. The zero-order valence-electron chi connectivity index (χ0n) is 14.6. The predicted octanol–water partition coefficient (Wildman–Crippen LogP) is 4.17. The first kappa shape index (κ1) is 17.6. The maximum Gasteiger partial charge on any atom is 0.272 e. The summed E-state index contributed by atoms with van der Waals surface area (Å²) in [5.74, 6) is -0.317. The molecule has 1 atom stereocenters. The van der Waals surface area contributed by atoms with E-state index in [1.165, 1.54) is 22.2 Å². The second-order valence-electron chi connectivity index (χ2n) is 6.22. The zero-order chi connectivity index (χ0) is 19.1. The van der Waals surface area contributed by atoms with Crippen molar-refractivity contribution in [1.82, 2.24) is 14.5 Å². The van der Waals surface area contributed by atoms with E-state index in [4.69, 9.17) is 11.6 Å². The molecule has 6 nitrogen and oxygen atoms in total. The average molecular weight is 399 g/mol. The number of halogens is 1. The zero-order valence-corrected chi connectivity index (χ0v) is 16.1. The van der Waals surface area contributed by atoms with Crippen molar-refractivity contribution < 1.29 is 4.79 Å². The molecular formula is C19H15ClN4O2S. The third kappa shape index (κ3) is 3.09. The van der Waals surface area contributed by atoms with Gasteiger partial charge in [0.05, 0.1) is 11.8 Å². The van der Waals surface area contributed by atoms with Crippen molar-refractivity contribution in [2.24, 2.45) is 0 Å². The first-order valence-electron chi connectivity index (χ1n) is 8.27. The van der Waals surface area contributed by atoms with E-state index < -0.39 is 6.04 Å². The van der Waals surface area contributed by atoms with E-state index in [0.717, 1.165) is 15.8 Å². The lowest BCUT2D eigenvalue weighted by molar-refractivity contribution is -0.118. The molecule has 0 radical (unpaired) electrons. The minimum Gasteiger partial charge on any atom is -0.324 e. The quantitative estimate of drug-likeness (QED) is 0.562. The Morgan fingerprint density at radius 3 is 2.93 bits per heavy atom. The number of nitrogens with one attached hydrogen (secondary N) is 1. The highest BCUT2D eigenvalue weighted by Gasteiger charge is 2.20. The number of pyridine rings is 1. The molecule has 1 aromatic carbocycles. The second kappa shape index (κ2) is 6.75. The van der Waals surface area contributed by atoms with E-state index >= 15 is 0 Å². The fraction of sp³-hybridized carbons (Fsp3) is 0.158. The summed E-state index contributed by atoms with van der Waals surface area (Å²) in [7, 11) is 0. The molecule has 0 saturated heterocycles. The molecule has 4 rings (SSSR count). The molecular weight excluding hydrogens is 384 g/mol. The highest BCUT2D eigenvalue weighted by Crippen LogP contribution is 2.28. The van der Waals surface area contributed by atoms with E-state index in [0.29, 0.717) is 20.9 Å². The van der Waals surface area contributed by atoms with E-state index in [9.17, 15) is 9.59 Å². The minimum absolute atomic E-state index is 0.256. The van der Waals surface area contributed by atoms with Crippen molar-refractivity contribution in [3.63, 3.8) is 0 Å². The number of aryl methyl sites for hydroxylation is 1. The van der Waals surface area contributed by atoms with Gasteiger partial charge in [0.2, 0.25) is 5.91 Å². The molecule has 136 valence electrons. The van der Waals surface area contributed by atoms with Crippen LogP contribution in [0, 0.1) is 6.92 Å². The van der Waals surface area contributed by atoms with Gasteiger partial charge in [0.25, 0.3) is 5.56 Å². The summed E-state index contributed by atoms with van der Waals surface area (Å²) in [6.07, 6.45) is 3.10. The van der Waals surface area contributed by atoms with Crippen LogP contribution in [0.25, 0.3) is 20.4 Å². The Morgan fingerprint density at radius 1 is 1.30 bits per heavy atom. The summed E-state index contributed by atoms with van der Waals surface area (Å²) < 4.78 is 1.83. The lowest BCUT2D eigenvalue weighted by atomic mass is 10.2. The highest BCUT2D eigenvalue weighted by atomic mass is 35.5. The number of benzene rings is 1. The van der Waals surface area contributed by atoms with Gasteiger partial charge < -0.3 is 5.32 Å². The van der Waals surface area contributed by atoms with Gasteiger partial charge in [-0.15, -0.1) is 11.3 Å². The Kier molecular flexibility index (Phi) is 4.41. The molecule has 0 bridgehead atoms. The van der Waals surface area contributed by atoms with Gasteiger partial charge >= 0.3 is 0 Å². The third-order valence-electron chi connectivity index (χ3n) is 4.43. The molecule has 3 heterocycles. The molecule has 4 aromatic rings. The first-order valence-corrected chi connectivity index (χ1v) is 9.46. The number of hydrogen-bond acceptors (Lipinski definition) is 5. The van der Waals surface area contributed by atoms with Crippen molar-refractivity contribution in [2.75, 3.05) is 5.32 Å². The predicted molar refractivity (Wildman–Crippen MR) is 109 cm³/mol. The topological polar surface area (TPSA) is 76.9 Å². The molecule has 1 N–H and O–H groups in total. The monoisotopic (exact) mass is 398 g/mol. The van der Waals surface area contributed by atoms with Crippen LogP contribution in [0.1, 0.15) is 18.5 Å². The van der Waals surface area contributed by atoms with Crippen LogP contribution in [-0.4, -0.2) is 20.4 Å². The highest BCUT2D eigenvalue weighted by molar-refractivity contribution is 7.25. The number of anilines is 1. The number of fused-ring (bicyclic) bond motifs is 3. The number of nitrogens with zero attached hydrogens (tertiary/aromatic N) is 3. The molecule has 1 amide bonds. The van der Waals surface area contributed by atoms with Crippen molar-refractivity contribution in [2.45, 2.75) is 19.9 Å². The van der Waals surface area contributed by atoms with Crippen LogP contribution in [0.5, 0.6) is 0 Å². The summed E-state index contributed by atoms with van der Waals surface area (Å²) in [4.78, 5) is 35.0. The summed E-state index contributed by atoms with van der Waals surface area (Å²) >= 11 is 7.29. The van der Waals surface area contributed by atoms with Crippen molar-refractivity contribution in [3.8, 4) is 0 Å². The Labute approximate surface area is 163 Å². The van der Waals surface area contributed by atoms with Crippen LogP contribution in [-0.2, 0) is 4.79 Å². The van der Waals surface area contributed by atoms with Crippen LogP contribution in [0.3, 0.4) is 0 Å². The summed E-state index contributed by atoms with van der Waals surface area (Å²) in [5.41, 5.74) is 1.86. The minimum atomic E-state index is -0.731. The number of aromatic nitrogens is 3. The van der Waals surface area contributed by atoms with Gasteiger partial charge in [-0.25, -0.2) is 9.97 Å². The lowest BCUT2D eigenvalue weighted by Crippen LogP contribution is -2.31. The molecule has 0 spiro atoms. The third-order valence-corrected chi connectivity index (χ3v) is 5.76. The Balaban J connectivity index is 1.71. The Bertz CT molecular complexity index is 1250. The van der Waals surface area contributed by atoms with Gasteiger partial charge in [-0.05, 0) is 43.7 Å². The van der Waals surface area contributed by atoms with Crippen LogP contribution < -0.4 is 10.9 Å². The first-order chi connectivity index (χ1) is 13.0. The van der Waals surface area contributed by atoms with Crippen molar-refractivity contribution in [3.05, 3.63) is 63.8 Å². The van der Waals surface area contributed by atoms with Crippen LogP contribution in [0.2, 0.25) is 5.02 Å². The van der Waals surface area contributed by atoms with E-state index in [2.05, 4.69) is 15.3 Å². The SMILES string of the molecule is Cc1ccc(Cl)cc1NC(=O)[C@@H](C)n1cnc2c(sc3ncccc32)c1=O. The summed E-state index contributed by atoms with van der Waals surface area (Å²) in [5, 5.41) is 4.20. The fourth-order valence-electron chi connectivity index (χ4n) is 2.85. The number of rotatable bonds is 3. The molecule has 0 aliphatic carbocycles. The smallest absolute Gasteiger partial charge is 0.272 e. The maximum atomic E-state index is 12.9. The van der Waals surface area contributed by atoms with E-state index in [1.807, 2.05) is 25.1 Å². The van der Waals surface area contributed by atoms with Gasteiger partial charge in [0.1, 0.15) is 15.6 Å². The molecule has 0 aliphatic heterocycles. The van der Waals surface area contributed by atoms with Gasteiger partial charge in [-0.3, -0.25) is 14.2 Å². The largest absolute Gasteiger partial charge is 0.324 e. The molecule has 3 aromatic heterocycles. The van der Waals surface area contributed by atoms with Gasteiger partial charge in [-0.2, -0.15) is 0 Å². The Morgan fingerprint density at radius 2 is 2.11 bits per heavy atom. The number of thiophene rings is 1. The molecule has 27 heavy (non-hydrogen) atoms. The molecule has 0 unspecified atom stereocenters. The van der Waals surface area contributed by atoms with Crippen LogP contribution in [0.4, 0.5) is 5.69 Å². The van der Waals surface area contributed by atoms with Gasteiger partial charge in [0, 0.05) is 22.3 Å². The van der Waals surface area contributed by atoms with Crippen molar-refractivity contribution in [1.29, 1.82) is 0 Å². The van der Waals surface area contributed by atoms with Crippen LogP contribution in [0.15, 0.2) is 47.7 Å². The molecule has 0 fully saturated rings. The van der Waals surface area contributed by atoms with Crippen molar-refractivity contribution >= 4 is 55.0 Å². The number of carbonyl (C=O) groups is 1. The summed E-state index contributed by atoms with van der Waals surface area (Å²) in [6, 6.07) is 8.23. The summed E-state index contributed by atoms with van der Waals surface area (Å²) in [6.45, 7) is 3.54. The molecule has 0 saturated carbocycles. The molecule has 8 heteroatoms. The fourth-order valence-corrected chi connectivity index (χ4v) is 4.06. The number of amides is 1. The molecule has 0 aliphatic rings. The average Bonchev–Trinajstić information content (AvgIpc) is 3.04. The van der Waals surface area contributed by atoms with E-state index in [-0.39, 0.29) is 11.5 Å². The second-order valence-corrected chi connectivity index (χ2v) is 7.65. The number of carbonyl (C=O) groups excluding carboxylic acids is 1. The standard InChI is InChI=1S/C19H15ClN4O2S/c1-10-5-6-12(20)8-14(10)23-17(25)11(2)24-9-22-15-13-4-3-7-21-18(13)27-16(15)19(24)26/h3-9,11H,1-2H3,(H,23,25)/t11-/m1/s1. The number of hydrogen-bond donors (Lipinski definition) is 1. The van der Waals surface area contributed by atoms with E-state index in [1.54, 1.807) is 25.3 Å². The van der Waals surface area contributed by atoms with Gasteiger partial charge in [0.15, 0.2) is 0 Å². The lowest BCUT2D eigenvalue weighted by Gasteiger charge is -2.16. The normalized spacial score (nSPS) is 12.4. The van der Waals surface area contributed by atoms with Gasteiger partial charge in [-0.1, -0.05) is 17.7 Å². The van der Waals surface area contributed by atoms with Crippen LogP contribution >= 0.6 is 22.9 Å². The maximum absolute atomic E-state index is 12.9.